The van der Waals surface area contributed by atoms with Gasteiger partial charge in [0, 0.05) is 11.7 Å². The van der Waals surface area contributed by atoms with E-state index in [9.17, 15) is 9.18 Å². The smallest absolute Gasteiger partial charge is 0.307 e. The third-order valence-electron chi connectivity index (χ3n) is 1.96. The van der Waals surface area contributed by atoms with Crippen LogP contribution in [-0.4, -0.2) is 19.1 Å². The van der Waals surface area contributed by atoms with Gasteiger partial charge in [-0.1, -0.05) is 0 Å². The van der Waals surface area contributed by atoms with Crippen molar-refractivity contribution < 1.29 is 13.9 Å². The van der Waals surface area contributed by atoms with E-state index in [1.54, 1.807) is 12.1 Å². The lowest BCUT2D eigenvalue weighted by atomic mass is 10.2. The van der Waals surface area contributed by atoms with Crippen molar-refractivity contribution in [2.45, 2.75) is 19.4 Å². The lowest BCUT2D eigenvalue weighted by molar-refractivity contribution is -0.140. The van der Waals surface area contributed by atoms with Crippen LogP contribution in [0.1, 0.15) is 13.3 Å². The quantitative estimate of drug-likeness (QED) is 0.776. The van der Waals surface area contributed by atoms with E-state index in [4.69, 9.17) is 0 Å². The zero-order valence-electron chi connectivity index (χ0n) is 8.79. The van der Waals surface area contributed by atoms with Gasteiger partial charge in [-0.25, -0.2) is 4.39 Å². The van der Waals surface area contributed by atoms with E-state index in [1.807, 2.05) is 6.92 Å². The molecule has 1 atom stereocenters. The number of halogens is 1. The lowest BCUT2D eigenvalue weighted by Crippen LogP contribution is -2.20. The van der Waals surface area contributed by atoms with E-state index in [-0.39, 0.29) is 24.2 Å². The average Bonchev–Trinajstić information content (AvgIpc) is 2.21. The summed E-state index contributed by atoms with van der Waals surface area (Å²) in [6, 6.07) is 5.95. The molecule has 0 heterocycles. The van der Waals surface area contributed by atoms with Crippen LogP contribution in [0.5, 0.6) is 0 Å². The third-order valence-corrected chi connectivity index (χ3v) is 1.96. The molecule has 1 rings (SSSR count). The van der Waals surface area contributed by atoms with Gasteiger partial charge in [0.05, 0.1) is 13.5 Å². The van der Waals surface area contributed by atoms with Crippen molar-refractivity contribution in [2.24, 2.45) is 0 Å². The fourth-order valence-corrected chi connectivity index (χ4v) is 1.21. The summed E-state index contributed by atoms with van der Waals surface area (Å²) in [5.41, 5.74) is 0.785. The summed E-state index contributed by atoms with van der Waals surface area (Å²) < 4.78 is 17.1. The Morgan fingerprint density at radius 3 is 2.60 bits per heavy atom. The molecule has 0 bridgehead atoms. The molecule has 1 aromatic carbocycles. The molecule has 0 spiro atoms. The minimum absolute atomic E-state index is 0.0390. The average molecular weight is 211 g/mol. The maximum Gasteiger partial charge on any atom is 0.307 e. The van der Waals surface area contributed by atoms with E-state index >= 15 is 0 Å². The molecule has 1 aromatic rings. The number of carbonyl (C=O) groups is 1. The van der Waals surface area contributed by atoms with Gasteiger partial charge < -0.3 is 10.1 Å². The van der Waals surface area contributed by atoms with Crippen LogP contribution in [0.4, 0.5) is 10.1 Å². The normalized spacial score (nSPS) is 11.9. The van der Waals surface area contributed by atoms with Gasteiger partial charge in [-0.2, -0.15) is 0 Å². The maximum absolute atomic E-state index is 12.6. The minimum atomic E-state index is -0.277. The van der Waals surface area contributed by atoms with Crippen molar-refractivity contribution in [3.63, 3.8) is 0 Å². The van der Waals surface area contributed by atoms with Crippen LogP contribution in [-0.2, 0) is 9.53 Å². The van der Waals surface area contributed by atoms with E-state index in [2.05, 4.69) is 10.1 Å². The van der Waals surface area contributed by atoms with E-state index in [0.717, 1.165) is 5.69 Å². The predicted octanol–water partition coefficient (Wildman–Crippen LogP) is 2.19. The summed E-state index contributed by atoms with van der Waals surface area (Å²) in [4.78, 5) is 10.9. The Labute approximate surface area is 88.2 Å². The minimum Gasteiger partial charge on any atom is -0.469 e. The molecule has 0 radical (unpaired) electrons. The van der Waals surface area contributed by atoms with Crippen molar-refractivity contribution in [3.8, 4) is 0 Å². The molecule has 0 aliphatic rings. The molecule has 0 aromatic heterocycles. The Bertz CT molecular complexity index is 324. The number of esters is 1. The molecule has 0 saturated heterocycles. The predicted molar refractivity (Wildman–Crippen MR) is 56.1 cm³/mol. The Morgan fingerprint density at radius 1 is 1.47 bits per heavy atom. The van der Waals surface area contributed by atoms with Gasteiger partial charge in [-0.15, -0.1) is 0 Å². The van der Waals surface area contributed by atoms with Gasteiger partial charge in [0.1, 0.15) is 5.82 Å². The second-order valence-electron chi connectivity index (χ2n) is 3.33. The number of methoxy groups -OCH3 is 1. The summed E-state index contributed by atoms with van der Waals surface area (Å²) >= 11 is 0. The molecule has 0 saturated carbocycles. The highest BCUT2D eigenvalue weighted by Crippen LogP contribution is 2.10. The first-order valence-electron chi connectivity index (χ1n) is 4.70. The molecule has 82 valence electrons. The number of hydrogen-bond donors (Lipinski definition) is 1. The van der Waals surface area contributed by atoms with Gasteiger partial charge in [-0.05, 0) is 31.2 Å². The number of rotatable bonds is 4. The lowest BCUT2D eigenvalue weighted by Gasteiger charge is -2.13. The van der Waals surface area contributed by atoms with Crippen LogP contribution in [0.3, 0.4) is 0 Å². The standard InChI is InChI=1S/C11H14FNO2/c1-8(7-11(14)15-2)13-10-5-3-9(12)4-6-10/h3-6,8,13H,7H2,1-2H3. The third kappa shape index (κ3) is 3.97. The molecule has 1 N–H and O–H groups in total. The van der Waals surface area contributed by atoms with Gasteiger partial charge >= 0.3 is 5.97 Å². The summed E-state index contributed by atoms with van der Waals surface area (Å²) in [5, 5.41) is 3.07. The highest BCUT2D eigenvalue weighted by molar-refractivity contribution is 5.70. The van der Waals surface area contributed by atoms with Crippen molar-refractivity contribution in [1.82, 2.24) is 0 Å². The number of carbonyl (C=O) groups excluding carboxylic acids is 1. The molecular weight excluding hydrogens is 197 g/mol. The molecule has 0 fully saturated rings. The topological polar surface area (TPSA) is 38.3 Å². The van der Waals surface area contributed by atoms with Gasteiger partial charge in [-0.3, -0.25) is 4.79 Å². The molecule has 3 nitrogen and oxygen atoms in total. The van der Waals surface area contributed by atoms with E-state index in [1.165, 1.54) is 19.2 Å². The molecule has 1 unspecified atom stereocenters. The molecule has 0 aliphatic heterocycles. The number of hydrogen-bond acceptors (Lipinski definition) is 3. The van der Waals surface area contributed by atoms with Crippen LogP contribution in [0.2, 0.25) is 0 Å². The van der Waals surface area contributed by atoms with Crippen LogP contribution in [0.15, 0.2) is 24.3 Å². The molecule has 4 heteroatoms. The van der Waals surface area contributed by atoms with Crippen LogP contribution >= 0.6 is 0 Å². The Balaban J connectivity index is 2.47. The Morgan fingerprint density at radius 2 is 2.07 bits per heavy atom. The van der Waals surface area contributed by atoms with Crippen molar-refractivity contribution in [2.75, 3.05) is 12.4 Å². The summed E-state index contributed by atoms with van der Waals surface area (Å²) in [7, 11) is 1.35. The summed E-state index contributed by atoms with van der Waals surface area (Å²) in [6.07, 6.45) is 0.286. The van der Waals surface area contributed by atoms with Crippen LogP contribution in [0.25, 0.3) is 0 Å². The SMILES string of the molecule is COC(=O)CC(C)Nc1ccc(F)cc1. The monoisotopic (exact) mass is 211 g/mol. The molecule has 0 amide bonds. The van der Waals surface area contributed by atoms with Gasteiger partial charge in [0.25, 0.3) is 0 Å². The van der Waals surface area contributed by atoms with Crippen molar-refractivity contribution in [3.05, 3.63) is 30.1 Å². The highest BCUT2D eigenvalue weighted by Gasteiger charge is 2.08. The Hall–Kier alpha value is -1.58. The van der Waals surface area contributed by atoms with Gasteiger partial charge in [0.2, 0.25) is 0 Å². The first-order chi connectivity index (χ1) is 7.11. The zero-order valence-corrected chi connectivity index (χ0v) is 8.79. The van der Waals surface area contributed by atoms with Crippen LogP contribution < -0.4 is 5.32 Å². The van der Waals surface area contributed by atoms with Crippen LogP contribution in [0, 0.1) is 5.82 Å². The number of benzene rings is 1. The fourth-order valence-electron chi connectivity index (χ4n) is 1.21. The number of anilines is 1. The van der Waals surface area contributed by atoms with Crippen molar-refractivity contribution >= 4 is 11.7 Å². The second-order valence-corrected chi connectivity index (χ2v) is 3.33. The molecular formula is C11H14FNO2. The fraction of sp³-hybridized carbons (Fsp3) is 0.364. The first kappa shape index (κ1) is 11.5. The number of nitrogens with one attached hydrogen (secondary N) is 1. The van der Waals surface area contributed by atoms with E-state index in [0.29, 0.717) is 0 Å². The zero-order chi connectivity index (χ0) is 11.3. The maximum atomic E-state index is 12.6. The Kier molecular flexibility index (Phi) is 4.09. The van der Waals surface area contributed by atoms with Crippen molar-refractivity contribution in [1.29, 1.82) is 0 Å². The van der Waals surface area contributed by atoms with Gasteiger partial charge in [0.15, 0.2) is 0 Å². The summed E-state index contributed by atoms with van der Waals surface area (Å²) in [5.74, 6) is -0.543. The molecule has 0 aliphatic carbocycles. The second kappa shape index (κ2) is 5.34. The first-order valence-corrected chi connectivity index (χ1v) is 4.70. The number of ether oxygens (including phenoxy) is 1. The highest BCUT2D eigenvalue weighted by atomic mass is 19.1. The molecule has 15 heavy (non-hydrogen) atoms. The largest absolute Gasteiger partial charge is 0.469 e. The summed E-state index contributed by atoms with van der Waals surface area (Å²) in [6.45, 7) is 1.86. The van der Waals surface area contributed by atoms with E-state index < -0.39 is 0 Å².